The van der Waals surface area contributed by atoms with Gasteiger partial charge in [0.25, 0.3) is 5.91 Å². The fraction of sp³-hybridized carbons (Fsp3) is 0.333. The van der Waals surface area contributed by atoms with Crippen molar-refractivity contribution in [1.82, 2.24) is 14.9 Å². The van der Waals surface area contributed by atoms with Gasteiger partial charge in [0.05, 0.1) is 11.4 Å². The predicted molar refractivity (Wildman–Crippen MR) is 125 cm³/mol. The normalized spacial score (nSPS) is 16.6. The Bertz CT molecular complexity index is 1180. The van der Waals surface area contributed by atoms with Gasteiger partial charge in [-0.2, -0.15) is 4.31 Å². The first-order valence-electron chi connectivity index (χ1n) is 11.0. The van der Waals surface area contributed by atoms with E-state index in [1.165, 1.54) is 28.6 Å². The summed E-state index contributed by atoms with van der Waals surface area (Å²) in [6.45, 7) is 2.51. The van der Waals surface area contributed by atoms with E-state index < -0.39 is 10.0 Å². The Balaban J connectivity index is 1.30. The molecule has 172 valence electrons. The molecule has 0 aliphatic carbocycles. The number of hydrogen-bond acceptors (Lipinski definition) is 4. The van der Waals surface area contributed by atoms with E-state index in [0.717, 1.165) is 30.5 Å². The van der Waals surface area contributed by atoms with E-state index in [2.05, 4.69) is 22.5 Å². The van der Waals surface area contributed by atoms with Crippen molar-refractivity contribution >= 4 is 27.6 Å². The van der Waals surface area contributed by atoms with Gasteiger partial charge in [-0.3, -0.25) is 9.69 Å². The lowest BCUT2D eigenvalue weighted by Crippen LogP contribution is -2.35. The molecule has 2 N–H and O–H groups in total. The largest absolute Gasteiger partial charge is 0.341 e. The number of piperidine rings is 1. The van der Waals surface area contributed by atoms with Gasteiger partial charge in [0.15, 0.2) is 0 Å². The summed E-state index contributed by atoms with van der Waals surface area (Å²) >= 11 is 0. The van der Waals surface area contributed by atoms with Gasteiger partial charge in [-0.05, 0) is 61.4 Å². The highest BCUT2D eigenvalue weighted by Gasteiger charge is 2.26. The molecular weight excluding hydrogens is 440 g/mol. The lowest BCUT2D eigenvalue weighted by atomic mass is 10.2. The summed E-state index contributed by atoms with van der Waals surface area (Å²) < 4.78 is 26.9. The van der Waals surface area contributed by atoms with Gasteiger partial charge in [0, 0.05) is 43.0 Å². The first-order chi connectivity index (χ1) is 15.9. The number of anilines is 1. The zero-order valence-electron chi connectivity index (χ0n) is 18.2. The van der Waals surface area contributed by atoms with Crippen LogP contribution in [0.4, 0.5) is 10.5 Å². The predicted octanol–water partition coefficient (Wildman–Crippen LogP) is 2.17. The van der Waals surface area contributed by atoms with Crippen molar-refractivity contribution in [2.75, 3.05) is 37.6 Å². The standard InChI is InChI=1S/C24H26N4O4S/c29-23(20-8-12-22(13-9-20)33(31,32)27-16-2-1-3-17-27)25-14-4-5-19-6-10-21(11-7-19)28-18-15-26-24(28)30/h6-13H,1-3,14-18H2,(H,25,29)(H,26,30). The molecule has 0 spiro atoms. The number of benzene rings is 2. The summed E-state index contributed by atoms with van der Waals surface area (Å²) in [6, 6.07) is 13.2. The van der Waals surface area contributed by atoms with Crippen molar-refractivity contribution in [3.8, 4) is 11.8 Å². The SMILES string of the molecule is O=C(NCC#Cc1ccc(N2CCNC2=O)cc1)c1ccc(S(=O)(=O)N2CCCCC2)cc1. The van der Waals surface area contributed by atoms with Gasteiger partial charge in [-0.15, -0.1) is 0 Å². The molecule has 0 saturated carbocycles. The Morgan fingerprint density at radius 1 is 0.970 bits per heavy atom. The highest BCUT2D eigenvalue weighted by Crippen LogP contribution is 2.21. The second-order valence-electron chi connectivity index (χ2n) is 7.90. The molecule has 2 aromatic carbocycles. The molecule has 8 nitrogen and oxygen atoms in total. The smallest absolute Gasteiger partial charge is 0.321 e. The summed E-state index contributed by atoms with van der Waals surface area (Å²) in [5.41, 5.74) is 1.97. The average molecular weight is 467 g/mol. The first-order valence-corrected chi connectivity index (χ1v) is 12.4. The second-order valence-corrected chi connectivity index (χ2v) is 9.84. The van der Waals surface area contributed by atoms with Crippen molar-refractivity contribution in [1.29, 1.82) is 0 Å². The van der Waals surface area contributed by atoms with E-state index in [0.29, 0.717) is 31.7 Å². The summed E-state index contributed by atoms with van der Waals surface area (Å²) in [6.07, 6.45) is 2.80. The van der Waals surface area contributed by atoms with Gasteiger partial charge in [0.2, 0.25) is 10.0 Å². The molecule has 2 aromatic rings. The van der Waals surface area contributed by atoms with Crippen LogP contribution in [-0.4, -0.2) is 57.4 Å². The van der Waals surface area contributed by atoms with Gasteiger partial charge in [-0.1, -0.05) is 18.3 Å². The minimum Gasteiger partial charge on any atom is -0.341 e. The van der Waals surface area contributed by atoms with Crippen LogP contribution in [0.2, 0.25) is 0 Å². The fourth-order valence-electron chi connectivity index (χ4n) is 3.85. The Morgan fingerprint density at radius 2 is 1.67 bits per heavy atom. The molecule has 4 rings (SSSR count). The Morgan fingerprint density at radius 3 is 2.30 bits per heavy atom. The third-order valence-corrected chi connectivity index (χ3v) is 7.59. The van der Waals surface area contributed by atoms with E-state index in [1.54, 1.807) is 4.90 Å². The quantitative estimate of drug-likeness (QED) is 0.660. The monoisotopic (exact) mass is 466 g/mol. The number of sulfonamides is 1. The van der Waals surface area contributed by atoms with Gasteiger partial charge < -0.3 is 10.6 Å². The Hall–Kier alpha value is -3.35. The van der Waals surface area contributed by atoms with E-state index in [1.807, 2.05) is 24.3 Å². The zero-order valence-corrected chi connectivity index (χ0v) is 19.0. The van der Waals surface area contributed by atoms with E-state index >= 15 is 0 Å². The molecule has 0 bridgehead atoms. The van der Waals surface area contributed by atoms with Crippen LogP contribution < -0.4 is 15.5 Å². The number of nitrogens with one attached hydrogen (secondary N) is 2. The van der Waals surface area contributed by atoms with Crippen LogP contribution in [0.15, 0.2) is 53.4 Å². The minimum absolute atomic E-state index is 0.103. The van der Waals surface area contributed by atoms with Gasteiger partial charge >= 0.3 is 6.03 Å². The van der Waals surface area contributed by atoms with Crippen LogP contribution in [0.1, 0.15) is 35.2 Å². The molecule has 2 fully saturated rings. The van der Waals surface area contributed by atoms with Crippen molar-refractivity contribution < 1.29 is 18.0 Å². The third-order valence-electron chi connectivity index (χ3n) is 5.68. The summed E-state index contributed by atoms with van der Waals surface area (Å²) in [4.78, 5) is 25.9. The summed E-state index contributed by atoms with van der Waals surface area (Å²) in [5.74, 6) is 5.56. The lowest BCUT2D eigenvalue weighted by molar-refractivity contribution is 0.0958. The molecule has 0 unspecified atom stereocenters. The maximum absolute atomic E-state index is 12.7. The molecule has 2 aliphatic rings. The second kappa shape index (κ2) is 10.1. The van der Waals surface area contributed by atoms with Crippen LogP contribution in [0.25, 0.3) is 0 Å². The molecule has 9 heteroatoms. The maximum Gasteiger partial charge on any atom is 0.321 e. The number of rotatable bonds is 5. The number of carbonyl (C=O) groups is 2. The highest BCUT2D eigenvalue weighted by atomic mass is 32.2. The zero-order chi connectivity index (χ0) is 23.3. The van der Waals surface area contributed by atoms with Crippen LogP contribution >= 0.6 is 0 Å². The molecule has 0 radical (unpaired) electrons. The van der Waals surface area contributed by atoms with Crippen LogP contribution in [0.5, 0.6) is 0 Å². The molecule has 2 heterocycles. The minimum atomic E-state index is -3.51. The fourth-order valence-corrected chi connectivity index (χ4v) is 5.37. The average Bonchev–Trinajstić information content (AvgIpc) is 3.28. The van der Waals surface area contributed by atoms with Crippen molar-refractivity contribution in [2.45, 2.75) is 24.2 Å². The third kappa shape index (κ3) is 5.35. The number of urea groups is 1. The molecule has 2 aliphatic heterocycles. The molecule has 2 saturated heterocycles. The summed E-state index contributed by atoms with van der Waals surface area (Å²) in [7, 11) is -3.51. The van der Waals surface area contributed by atoms with Crippen molar-refractivity contribution in [3.05, 3.63) is 59.7 Å². The van der Waals surface area contributed by atoms with Crippen molar-refractivity contribution in [3.63, 3.8) is 0 Å². The van der Waals surface area contributed by atoms with Gasteiger partial charge in [-0.25, -0.2) is 13.2 Å². The molecule has 0 atom stereocenters. The van der Waals surface area contributed by atoms with E-state index in [-0.39, 0.29) is 23.4 Å². The van der Waals surface area contributed by atoms with Crippen LogP contribution in [-0.2, 0) is 10.0 Å². The van der Waals surface area contributed by atoms with Crippen LogP contribution in [0.3, 0.4) is 0 Å². The number of carbonyl (C=O) groups excluding carboxylic acids is 2. The molecule has 33 heavy (non-hydrogen) atoms. The van der Waals surface area contributed by atoms with Crippen molar-refractivity contribution in [2.24, 2.45) is 0 Å². The number of nitrogens with zero attached hydrogens (tertiary/aromatic N) is 2. The van der Waals surface area contributed by atoms with Gasteiger partial charge in [0.1, 0.15) is 0 Å². The first kappa shape index (κ1) is 22.8. The highest BCUT2D eigenvalue weighted by molar-refractivity contribution is 7.89. The molecule has 3 amide bonds. The Kier molecular flexibility index (Phi) is 6.96. The Labute approximate surface area is 194 Å². The lowest BCUT2D eigenvalue weighted by Gasteiger charge is -2.25. The molecular formula is C24H26N4O4S. The topological polar surface area (TPSA) is 98.8 Å². The maximum atomic E-state index is 12.7. The van der Waals surface area contributed by atoms with Crippen LogP contribution in [0, 0.1) is 11.8 Å². The van der Waals surface area contributed by atoms with E-state index in [9.17, 15) is 18.0 Å². The number of hydrogen-bond donors (Lipinski definition) is 2. The molecule has 0 aromatic heterocycles. The van der Waals surface area contributed by atoms with E-state index in [4.69, 9.17) is 0 Å². The number of amides is 3. The summed E-state index contributed by atoms with van der Waals surface area (Å²) in [5, 5.41) is 5.48.